The maximum atomic E-state index is 13.4. The molecule has 7 nitrogen and oxygen atoms in total. The number of anilines is 1. The SMILES string of the molecule is CCCOCCOc1cccc(-c2ccc(NC(=O)C3(c4ccc5c(c4)OC(F)(F)O5)CC3)nc2)c1. The average Bonchev–Trinajstić information content (AvgIpc) is 3.62. The van der Waals surface area contributed by atoms with E-state index in [-0.39, 0.29) is 17.4 Å². The highest BCUT2D eigenvalue weighted by atomic mass is 19.3. The summed E-state index contributed by atoms with van der Waals surface area (Å²) >= 11 is 0. The first-order chi connectivity index (χ1) is 17.4. The van der Waals surface area contributed by atoms with Gasteiger partial charge >= 0.3 is 6.29 Å². The summed E-state index contributed by atoms with van der Waals surface area (Å²) in [6.07, 6.45) is 0.161. The van der Waals surface area contributed by atoms with Crippen LogP contribution < -0.4 is 19.5 Å². The number of rotatable bonds is 10. The molecule has 0 unspecified atom stereocenters. The molecule has 36 heavy (non-hydrogen) atoms. The van der Waals surface area contributed by atoms with Gasteiger partial charge in [-0.25, -0.2) is 4.98 Å². The molecule has 3 aromatic rings. The van der Waals surface area contributed by atoms with Crippen molar-refractivity contribution in [1.29, 1.82) is 0 Å². The number of nitrogens with one attached hydrogen (secondary N) is 1. The minimum absolute atomic E-state index is 0.0449. The van der Waals surface area contributed by atoms with Crippen LogP contribution in [0, 0.1) is 0 Å². The molecule has 0 radical (unpaired) electrons. The number of fused-ring (bicyclic) bond motifs is 1. The number of alkyl halides is 2. The number of hydrogen-bond acceptors (Lipinski definition) is 6. The number of halogens is 2. The summed E-state index contributed by atoms with van der Waals surface area (Å²) in [7, 11) is 0. The zero-order valence-corrected chi connectivity index (χ0v) is 19.8. The van der Waals surface area contributed by atoms with E-state index in [1.54, 1.807) is 18.3 Å². The zero-order chi connectivity index (χ0) is 25.2. The lowest BCUT2D eigenvalue weighted by atomic mass is 9.94. The third-order valence-corrected chi connectivity index (χ3v) is 6.16. The van der Waals surface area contributed by atoms with E-state index < -0.39 is 11.7 Å². The number of carbonyl (C=O) groups excluding carboxylic acids is 1. The van der Waals surface area contributed by atoms with Gasteiger partial charge in [0.2, 0.25) is 5.91 Å². The summed E-state index contributed by atoms with van der Waals surface area (Å²) in [6, 6.07) is 15.8. The van der Waals surface area contributed by atoms with E-state index in [9.17, 15) is 13.6 Å². The van der Waals surface area contributed by atoms with E-state index in [0.29, 0.717) is 44.0 Å². The van der Waals surface area contributed by atoms with Crippen molar-refractivity contribution in [3.8, 4) is 28.4 Å². The van der Waals surface area contributed by atoms with Gasteiger partial charge in [0.05, 0.1) is 12.0 Å². The lowest BCUT2D eigenvalue weighted by Gasteiger charge is -2.16. The third-order valence-electron chi connectivity index (χ3n) is 6.16. The Hall–Kier alpha value is -3.72. The second kappa shape index (κ2) is 9.73. The molecule has 2 aliphatic rings. The Morgan fingerprint density at radius 1 is 1.00 bits per heavy atom. The van der Waals surface area contributed by atoms with Gasteiger partial charge in [0.25, 0.3) is 0 Å². The van der Waals surface area contributed by atoms with Gasteiger partial charge in [-0.2, -0.15) is 0 Å². The molecule has 1 fully saturated rings. The van der Waals surface area contributed by atoms with Crippen LogP contribution in [0.1, 0.15) is 31.7 Å². The van der Waals surface area contributed by atoms with Gasteiger partial charge in [-0.15, -0.1) is 8.78 Å². The Morgan fingerprint density at radius 2 is 1.83 bits per heavy atom. The minimum Gasteiger partial charge on any atom is -0.491 e. The topological polar surface area (TPSA) is 78.9 Å². The summed E-state index contributed by atoms with van der Waals surface area (Å²) in [6.45, 7) is 3.78. The molecule has 0 bridgehead atoms. The number of pyridine rings is 1. The van der Waals surface area contributed by atoms with Crippen molar-refractivity contribution >= 4 is 11.7 Å². The molecule has 1 saturated carbocycles. The van der Waals surface area contributed by atoms with Crippen molar-refractivity contribution in [3.63, 3.8) is 0 Å². The number of amides is 1. The molecule has 1 aliphatic carbocycles. The molecular weight excluding hydrogens is 470 g/mol. The molecule has 0 saturated heterocycles. The lowest BCUT2D eigenvalue weighted by molar-refractivity contribution is -0.286. The molecule has 188 valence electrons. The van der Waals surface area contributed by atoms with Crippen LogP contribution in [0.3, 0.4) is 0 Å². The summed E-state index contributed by atoms with van der Waals surface area (Å²) in [5.74, 6) is 0.786. The summed E-state index contributed by atoms with van der Waals surface area (Å²) in [5.41, 5.74) is 1.61. The largest absolute Gasteiger partial charge is 0.586 e. The van der Waals surface area contributed by atoms with Gasteiger partial charge in [-0.1, -0.05) is 25.1 Å². The Kier molecular flexibility index (Phi) is 6.49. The van der Waals surface area contributed by atoms with Gasteiger partial charge in [-0.3, -0.25) is 4.79 Å². The van der Waals surface area contributed by atoms with Crippen LogP contribution >= 0.6 is 0 Å². The molecule has 1 amide bonds. The highest BCUT2D eigenvalue weighted by Crippen LogP contribution is 2.52. The fraction of sp³-hybridized carbons (Fsp3) is 0.333. The number of hydrogen-bond donors (Lipinski definition) is 1. The van der Waals surface area contributed by atoms with Crippen molar-refractivity contribution in [3.05, 3.63) is 66.4 Å². The normalized spacial score (nSPS) is 16.4. The van der Waals surface area contributed by atoms with Crippen LogP contribution in [-0.4, -0.2) is 37.0 Å². The quantitative estimate of drug-likeness (QED) is 0.371. The summed E-state index contributed by atoms with van der Waals surface area (Å²) in [4.78, 5) is 17.5. The van der Waals surface area contributed by atoms with E-state index >= 15 is 0 Å². The van der Waals surface area contributed by atoms with E-state index in [1.165, 1.54) is 12.1 Å². The summed E-state index contributed by atoms with van der Waals surface area (Å²) < 4.78 is 46.9. The number of aromatic nitrogens is 1. The van der Waals surface area contributed by atoms with Crippen molar-refractivity contribution < 1.29 is 32.5 Å². The highest BCUT2D eigenvalue weighted by molar-refractivity contribution is 6.01. The van der Waals surface area contributed by atoms with Gasteiger partial charge in [0.15, 0.2) is 11.5 Å². The molecule has 2 aromatic carbocycles. The van der Waals surface area contributed by atoms with Crippen LogP contribution in [0.4, 0.5) is 14.6 Å². The molecular formula is C27H26F2N2O5. The predicted molar refractivity (Wildman–Crippen MR) is 128 cm³/mol. The van der Waals surface area contributed by atoms with Crippen molar-refractivity contribution in [1.82, 2.24) is 4.98 Å². The predicted octanol–water partition coefficient (Wildman–Crippen LogP) is 5.55. The molecule has 1 N–H and O–H groups in total. The van der Waals surface area contributed by atoms with Crippen molar-refractivity contribution in [2.24, 2.45) is 0 Å². The lowest BCUT2D eigenvalue weighted by Crippen LogP contribution is -2.28. The van der Waals surface area contributed by atoms with Crippen molar-refractivity contribution in [2.75, 3.05) is 25.1 Å². The maximum Gasteiger partial charge on any atom is 0.586 e. The molecule has 2 heterocycles. The smallest absolute Gasteiger partial charge is 0.491 e. The molecule has 1 aromatic heterocycles. The Labute approximate surface area is 207 Å². The maximum absolute atomic E-state index is 13.4. The van der Waals surface area contributed by atoms with Crippen molar-refractivity contribution in [2.45, 2.75) is 37.9 Å². The molecule has 5 rings (SSSR count). The molecule has 0 atom stereocenters. The number of carbonyl (C=O) groups is 1. The number of ether oxygens (including phenoxy) is 4. The van der Waals surface area contributed by atoms with Gasteiger partial charge in [0.1, 0.15) is 18.2 Å². The van der Waals surface area contributed by atoms with Gasteiger partial charge in [-0.05, 0) is 66.8 Å². The fourth-order valence-corrected chi connectivity index (χ4v) is 4.12. The standard InChI is InChI=1S/C27H26F2N2O5/c1-2-12-33-13-14-34-21-5-3-4-18(15-21)19-6-9-24(30-17-19)31-25(32)26(10-11-26)20-7-8-22-23(16-20)36-27(28,29)35-22/h3-9,15-17H,2,10-14H2,1H3,(H,30,31,32). The second-order valence-corrected chi connectivity index (χ2v) is 8.79. The minimum atomic E-state index is -3.69. The Balaban J connectivity index is 1.22. The molecule has 0 spiro atoms. The highest BCUT2D eigenvalue weighted by Gasteiger charge is 2.52. The molecule has 1 aliphatic heterocycles. The summed E-state index contributed by atoms with van der Waals surface area (Å²) in [5, 5.41) is 2.85. The first-order valence-corrected chi connectivity index (χ1v) is 11.9. The number of nitrogens with zero attached hydrogens (tertiary/aromatic N) is 1. The van der Waals surface area contributed by atoms with E-state index in [4.69, 9.17) is 9.47 Å². The Morgan fingerprint density at radius 3 is 2.58 bits per heavy atom. The van der Waals surface area contributed by atoms with Crippen LogP contribution in [0.2, 0.25) is 0 Å². The average molecular weight is 497 g/mol. The first-order valence-electron chi connectivity index (χ1n) is 11.9. The van der Waals surface area contributed by atoms with E-state index in [1.807, 2.05) is 30.3 Å². The molecule has 9 heteroatoms. The van der Waals surface area contributed by atoms with E-state index in [2.05, 4.69) is 26.7 Å². The van der Waals surface area contributed by atoms with Crippen LogP contribution in [0.5, 0.6) is 17.2 Å². The van der Waals surface area contributed by atoms with Gasteiger partial charge in [0, 0.05) is 18.4 Å². The Bertz CT molecular complexity index is 1250. The van der Waals surface area contributed by atoms with Crippen LogP contribution in [-0.2, 0) is 14.9 Å². The fourth-order valence-electron chi connectivity index (χ4n) is 4.12. The van der Waals surface area contributed by atoms with Gasteiger partial charge < -0.3 is 24.3 Å². The van der Waals surface area contributed by atoms with Crippen LogP contribution in [0.15, 0.2) is 60.8 Å². The second-order valence-electron chi connectivity index (χ2n) is 8.79. The number of benzene rings is 2. The third kappa shape index (κ3) is 5.11. The first kappa shape index (κ1) is 24.0. The van der Waals surface area contributed by atoms with E-state index in [0.717, 1.165) is 23.3 Å². The zero-order valence-electron chi connectivity index (χ0n) is 19.8. The monoisotopic (exact) mass is 496 g/mol. The van der Waals surface area contributed by atoms with Crippen LogP contribution in [0.25, 0.3) is 11.1 Å².